The molecule has 1 aliphatic rings. The average molecular weight is 357 g/mol. The third kappa shape index (κ3) is 5.08. The summed E-state index contributed by atoms with van der Waals surface area (Å²) < 4.78 is 10.3. The minimum atomic E-state index is 0.236. The van der Waals surface area contributed by atoms with Crippen molar-refractivity contribution in [2.75, 3.05) is 33.3 Å². The van der Waals surface area contributed by atoms with Gasteiger partial charge in [-0.25, -0.2) is 0 Å². The van der Waals surface area contributed by atoms with Crippen molar-refractivity contribution < 1.29 is 14.1 Å². The number of hydrogen-bond acceptors (Lipinski definition) is 5. The minimum absolute atomic E-state index is 0.236. The van der Waals surface area contributed by atoms with Gasteiger partial charge in [-0.15, -0.1) is 0 Å². The molecule has 0 atom stereocenters. The van der Waals surface area contributed by atoms with Crippen molar-refractivity contribution in [2.45, 2.75) is 32.7 Å². The first-order valence-corrected chi connectivity index (χ1v) is 9.19. The number of aryl methyl sites for hydroxylation is 2. The predicted octanol–water partition coefficient (Wildman–Crippen LogP) is 2.66. The largest absolute Gasteiger partial charge is 0.497 e. The first-order valence-electron chi connectivity index (χ1n) is 9.19. The Morgan fingerprint density at radius 3 is 2.69 bits per heavy atom. The highest BCUT2D eigenvalue weighted by atomic mass is 16.5. The number of methoxy groups -OCH3 is 1. The highest BCUT2D eigenvalue weighted by molar-refractivity contribution is 5.76. The van der Waals surface area contributed by atoms with Crippen molar-refractivity contribution >= 4 is 5.91 Å². The van der Waals surface area contributed by atoms with Crippen LogP contribution in [0.5, 0.6) is 5.75 Å². The number of aromatic nitrogens is 1. The summed E-state index contributed by atoms with van der Waals surface area (Å²) in [6, 6.07) is 9.90. The molecule has 0 spiro atoms. The Labute approximate surface area is 154 Å². The van der Waals surface area contributed by atoms with Gasteiger partial charge in [0, 0.05) is 45.2 Å². The van der Waals surface area contributed by atoms with Gasteiger partial charge >= 0.3 is 0 Å². The van der Waals surface area contributed by atoms with E-state index in [4.69, 9.17) is 9.26 Å². The Morgan fingerprint density at radius 1 is 1.19 bits per heavy atom. The number of benzene rings is 1. The normalized spacial score (nSPS) is 15.7. The van der Waals surface area contributed by atoms with Crippen LogP contribution in [0.25, 0.3) is 0 Å². The second-order valence-electron chi connectivity index (χ2n) is 6.79. The summed E-state index contributed by atoms with van der Waals surface area (Å²) in [5, 5.41) is 4.06. The maximum atomic E-state index is 12.6. The smallest absolute Gasteiger partial charge is 0.222 e. The second kappa shape index (κ2) is 8.85. The van der Waals surface area contributed by atoms with E-state index in [1.54, 1.807) is 7.11 Å². The summed E-state index contributed by atoms with van der Waals surface area (Å²) in [5.74, 6) is 1.92. The molecular formula is C20H27N3O3. The van der Waals surface area contributed by atoms with Gasteiger partial charge in [0.2, 0.25) is 5.91 Å². The summed E-state index contributed by atoms with van der Waals surface area (Å²) in [5.41, 5.74) is 2.12. The van der Waals surface area contributed by atoms with Crippen molar-refractivity contribution in [2.24, 2.45) is 0 Å². The molecule has 0 bridgehead atoms. The Bertz CT molecular complexity index is 711. The Hall–Kier alpha value is -2.34. The SMILES string of the molecule is COc1ccc(CCC(=O)N2CCCN(Cc3cc(C)on3)CC2)cc1. The fourth-order valence-electron chi connectivity index (χ4n) is 3.30. The van der Waals surface area contributed by atoms with E-state index in [1.807, 2.05) is 42.2 Å². The van der Waals surface area contributed by atoms with Crippen molar-refractivity contribution in [3.63, 3.8) is 0 Å². The number of carbonyl (C=O) groups is 1. The third-order valence-electron chi connectivity index (χ3n) is 4.79. The van der Waals surface area contributed by atoms with Crippen LogP contribution in [0.3, 0.4) is 0 Å². The van der Waals surface area contributed by atoms with Crippen molar-refractivity contribution in [3.8, 4) is 5.75 Å². The van der Waals surface area contributed by atoms with E-state index in [0.717, 1.165) is 68.3 Å². The van der Waals surface area contributed by atoms with Gasteiger partial charge < -0.3 is 14.2 Å². The molecule has 2 heterocycles. The summed E-state index contributed by atoms with van der Waals surface area (Å²) in [6.07, 6.45) is 2.31. The van der Waals surface area contributed by atoms with Crippen LogP contribution in [0.2, 0.25) is 0 Å². The standard InChI is InChI=1S/C20H27N3O3/c1-16-14-18(21-26-16)15-22-10-3-11-23(13-12-22)20(24)9-6-17-4-7-19(25-2)8-5-17/h4-5,7-8,14H,3,6,9-13,15H2,1-2H3. The number of rotatable bonds is 6. The van der Waals surface area contributed by atoms with Crippen LogP contribution in [-0.4, -0.2) is 54.2 Å². The van der Waals surface area contributed by atoms with E-state index in [9.17, 15) is 4.79 Å². The number of amides is 1. The summed E-state index contributed by atoms with van der Waals surface area (Å²) >= 11 is 0. The van der Waals surface area contributed by atoms with Gasteiger partial charge in [-0.3, -0.25) is 9.69 Å². The minimum Gasteiger partial charge on any atom is -0.497 e. The molecule has 26 heavy (non-hydrogen) atoms. The van der Waals surface area contributed by atoms with E-state index >= 15 is 0 Å². The highest BCUT2D eigenvalue weighted by Crippen LogP contribution is 2.14. The fourth-order valence-corrected chi connectivity index (χ4v) is 3.30. The van der Waals surface area contributed by atoms with Crippen molar-refractivity contribution in [3.05, 3.63) is 47.3 Å². The quantitative estimate of drug-likeness (QED) is 0.795. The number of hydrogen-bond donors (Lipinski definition) is 0. The average Bonchev–Trinajstić information content (AvgIpc) is 2.92. The van der Waals surface area contributed by atoms with E-state index in [1.165, 1.54) is 0 Å². The molecule has 1 fully saturated rings. The Kier molecular flexibility index (Phi) is 6.28. The predicted molar refractivity (Wildman–Crippen MR) is 99.0 cm³/mol. The molecule has 1 aliphatic heterocycles. The molecule has 6 nitrogen and oxygen atoms in total. The molecule has 1 aromatic carbocycles. The molecule has 0 radical (unpaired) electrons. The molecular weight excluding hydrogens is 330 g/mol. The van der Waals surface area contributed by atoms with Gasteiger partial charge in [-0.1, -0.05) is 17.3 Å². The molecule has 1 aromatic heterocycles. The van der Waals surface area contributed by atoms with Gasteiger partial charge in [0.05, 0.1) is 12.8 Å². The van der Waals surface area contributed by atoms with E-state index in [-0.39, 0.29) is 5.91 Å². The molecule has 6 heteroatoms. The Balaban J connectivity index is 1.46. The lowest BCUT2D eigenvalue weighted by atomic mass is 10.1. The van der Waals surface area contributed by atoms with Crippen LogP contribution in [0.4, 0.5) is 0 Å². The molecule has 3 rings (SSSR count). The van der Waals surface area contributed by atoms with Crippen molar-refractivity contribution in [1.29, 1.82) is 0 Å². The van der Waals surface area contributed by atoms with Crippen LogP contribution in [0.1, 0.15) is 29.9 Å². The number of ether oxygens (including phenoxy) is 1. The number of carbonyl (C=O) groups excluding carboxylic acids is 1. The van der Waals surface area contributed by atoms with Gasteiger partial charge in [-0.05, 0) is 37.5 Å². The van der Waals surface area contributed by atoms with E-state index in [2.05, 4.69) is 10.1 Å². The summed E-state index contributed by atoms with van der Waals surface area (Å²) in [4.78, 5) is 16.9. The Morgan fingerprint density at radius 2 is 2.00 bits per heavy atom. The molecule has 0 saturated carbocycles. The second-order valence-corrected chi connectivity index (χ2v) is 6.79. The van der Waals surface area contributed by atoms with Gasteiger partial charge in [0.1, 0.15) is 11.5 Å². The maximum Gasteiger partial charge on any atom is 0.222 e. The zero-order valence-electron chi connectivity index (χ0n) is 15.6. The highest BCUT2D eigenvalue weighted by Gasteiger charge is 2.19. The molecule has 1 saturated heterocycles. The lowest BCUT2D eigenvalue weighted by molar-refractivity contribution is -0.131. The first-order chi connectivity index (χ1) is 12.6. The zero-order valence-corrected chi connectivity index (χ0v) is 15.6. The monoisotopic (exact) mass is 357 g/mol. The molecule has 0 unspecified atom stereocenters. The van der Waals surface area contributed by atoms with Crippen LogP contribution >= 0.6 is 0 Å². The zero-order chi connectivity index (χ0) is 18.4. The molecule has 1 amide bonds. The first kappa shape index (κ1) is 18.5. The van der Waals surface area contributed by atoms with Crippen molar-refractivity contribution in [1.82, 2.24) is 15.0 Å². The number of nitrogens with zero attached hydrogens (tertiary/aromatic N) is 3. The van der Waals surface area contributed by atoms with Gasteiger partial charge in [0.25, 0.3) is 0 Å². The van der Waals surface area contributed by atoms with Gasteiger partial charge in [0.15, 0.2) is 0 Å². The maximum absolute atomic E-state index is 12.6. The fraction of sp³-hybridized carbons (Fsp3) is 0.500. The van der Waals surface area contributed by atoms with Crippen LogP contribution in [0.15, 0.2) is 34.9 Å². The topological polar surface area (TPSA) is 58.8 Å². The summed E-state index contributed by atoms with van der Waals surface area (Å²) in [6.45, 7) is 6.15. The molecule has 140 valence electrons. The third-order valence-corrected chi connectivity index (χ3v) is 4.79. The molecule has 2 aromatic rings. The molecule has 0 aliphatic carbocycles. The van der Waals surface area contributed by atoms with Gasteiger partial charge in [-0.2, -0.15) is 0 Å². The summed E-state index contributed by atoms with van der Waals surface area (Å²) in [7, 11) is 1.66. The molecule has 0 N–H and O–H groups in total. The van der Waals surface area contributed by atoms with Crippen LogP contribution < -0.4 is 4.74 Å². The van der Waals surface area contributed by atoms with E-state index < -0.39 is 0 Å². The lowest BCUT2D eigenvalue weighted by Crippen LogP contribution is -2.35. The van der Waals surface area contributed by atoms with E-state index in [0.29, 0.717) is 6.42 Å². The lowest BCUT2D eigenvalue weighted by Gasteiger charge is -2.21. The van der Waals surface area contributed by atoms with Crippen LogP contribution in [0, 0.1) is 6.92 Å². The van der Waals surface area contributed by atoms with Crippen LogP contribution in [-0.2, 0) is 17.8 Å².